The molecule has 3 amide bonds. The normalized spacial score (nSPS) is 19.6. The highest BCUT2D eigenvalue weighted by Gasteiger charge is 2.41. The van der Waals surface area contributed by atoms with Crippen molar-refractivity contribution in [2.24, 2.45) is 5.73 Å². The lowest BCUT2D eigenvalue weighted by molar-refractivity contribution is -0.134. The van der Waals surface area contributed by atoms with Crippen molar-refractivity contribution in [3.63, 3.8) is 0 Å². The van der Waals surface area contributed by atoms with Gasteiger partial charge in [-0.3, -0.25) is 29.6 Å². The Morgan fingerprint density at radius 3 is 2.72 bits per heavy atom. The molecule has 1 saturated heterocycles. The van der Waals surface area contributed by atoms with Crippen molar-refractivity contribution in [1.29, 1.82) is 0 Å². The van der Waals surface area contributed by atoms with Gasteiger partial charge in [0.25, 0.3) is 5.91 Å². The molecule has 1 fully saturated rings. The van der Waals surface area contributed by atoms with Gasteiger partial charge in [0.05, 0.1) is 11.7 Å². The lowest BCUT2D eigenvalue weighted by atomic mass is 9.93. The molecule has 2 aromatic carbocycles. The number of carbonyl (C=O) groups is 3. The van der Waals surface area contributed by atoms with Gasteiger partial charge >= 0.3 is 0 Å². The maximum absolute atomic E-state index is 13.2. The summed E-state index contributed by atoms with van der Waals surface area (Å²) in [7, 11) is 0. The van der Waals surface area contributed by atoms with Gasteiger partial charge in [-0.15, -0.1) is 0 Å². The average molecular weight is 386 g/mol. The van der Waals surface area contributed by atoms with Gasteiger partial charge in [-0.1, -0.05) is 24.3 Å². The van der Waals surface area contributed by atoms with Gasteiger partial charge in [-0.05, 0) is 41.1 Å². The molecular weight excluding hydrogens is 368 g/mol. The van der Waals surface area contributed by atoms with Crippen molar-refractivity contribution >= 4 is 34.2 Å². The number of aromatic nitrogens is 1. The molecule has 3 heterocycles. The third-order valence-corrected chi connectivity index (χ3v) is 5.66. The number of nitrogens with one attached hydrogen (secondary N) is 1. The highest BCUT2D eigenvalue weighted by Crippen LogP contribution is 2.42. The van der Waals surface area contributed by atoms with Crippen LogP contribution in [0.3, 0.4) is 0 Å². The molecule has 144 valence electrons. The fraction of sp³-hybridized carbons (Fsp3) is 0.182. The number of hydrogen-bond donors (Lipinski definition) is 2. The molecule has 1 aromatic heterocycles. The number of nitrogens with two attached hydrogens (primary N) is 1. The number of anilines is 1. The third kappa shape index (κ3) is 2.62. The van der Waals surface area contributed by atoms with Gasteiger partial charge in [-0.25, -0.2) is 0 Å². The second kappa shape index (κ2) is 6.49. The molecule has 7 nitrogen and oxygen atoms in total. The highest BCUT2D eigenvalue weighted by atomic mass is 16.2. The van der Waals surface area contributed by atoms with Crippen molar-refractivity contribution in [2.45, 2.75) is 24.9 Å². The molecule has 3 N–H and O–H groups in total. The summed E-state index contributed by atoms with van der Waals surface area (Å²) in [6.07, 6.45) is 3.95. The van der Waals surface area contributed by atoms with Gasteiger partial charge in [-0.2, -0.15) is 0 Å². The van der Waals surface area contributed by atoms with Gasteiger partial charge in [0, 0.05) is 29.8 Å². The Hall–Kier alpha value is -3.58. The average Bonchev–Trinajstić information content (AvgIpc) is 3.02. The first-order valence-electron chi connectivity index (χ1n) is 9.44. The van der Waals surface area contributed by atoms with Crippen LogP contribution in [0.25, 0.3) is 10.8 Å². The Bertz CT molecular complexity index is 1180. The molecule has 2 aliphatic rings. The second-order valence-corrected chi connectivity index (χ2v) is 7.31. The molecule has 2 aliphatic heterocycles. The molecule has 0 saturated carbocycles. The smallest absolute Gasteiger partial charge is 0.259 e. The van der Waals surface area contributed by atoms with E-state index < -0.39 is 18.0 Å². The zero-order valence-corrected chi connectivity index (χ0v) is 15.5. The van der Waals surface area contributed by atoms with Crippen LogP contribution in [0.4, 0.5) is 5.69 Å². The van der Waals surface area contributed by atoms with Gasteiger partial charge < -0.3 is 5.73 Å². The van der Waals surface area contributed by atoms with Crippen LogP contribution in [-0.4, -0.2) is 28.7 Å². The van der Waals surface area contributed by atoms with Crippen LogP contribution in [0.2, 0.25) is 0 Å². The van der Waals surface area contributed by atoms with Crippen molar-refractivity contribution in [3.05, 3.63) is 71.5 Å². The minimum atomic E-state index is -0.700. The van der Waals surface area contributed by atoms with E-state index >= 15 is 0 Å². The first kappa shape index (κ1) is 17.5. The van der Waals surface area contributed by atoms with Crippen molar-refractivity contribution in [3.8, 4) is 0 Å². The molecule has 0 radical (unpaired) electrons. The summed E-state index contributed by atoms with van der Waals surface area (Å²) in [6.45, 7) is 0. The number of piperidine rings is 1. The fourth-order valence-corrected chi connectivity index (χ4v) is 4.28. The molecule has 0 spiro atoms. The molecular formula is C22H18N4O3. The molecule has 7 heteroatoms. The van der Waals surface area contributed by atoms with Crippen LogP contribution in [-0.2, 0) is 9.59 Å². The van der Waals surface area contributed by atoms with E-state index in [1.54, 1.807) is 18.5 Å². The maximum Gasteiger partial charge on any atom is 0.259 e. The van der Waals surface area contributed by atoms with E-state index in [9.17, 15) is 14.4 Å². The third-order valence-electron chi connectivity index (χ3n) is 5.66. The van der Waals surface area contributed by atoms with Gasteiger partial charge in [0.1, 0.15) is 6.04 Å². The summed E-state index contributed by atoms with van der Waals surface area (Å²) in [5.41, 5.74) is 9.49. The van der Waals surface area contributed by atoms with E-state index in [4.69, 9.17) is 5.73 Å². The molecule has 0 bridgehead atoms. The first-order chi connectivity index (χ1) is 14.1. The van der Waals surface area contributed by atoms with E-state index in [1.807, 2.05) is 36.4 Å². The number of imide groups is 1. The molecule has 2 unspecified atom stereocenters. The van der Waals surface area contributed by atoms with E-state index in [1.165, 1.54) is 4.90 Å². The summed E-state index contributed by atoms with van der Waals surface area (Å²) in [6, 6.07) is 11.9. The topological polar surface area (TPSA) is 105 Å². The van der Waals surface area contributed by atoms with Gasteiger partial charge in [0.15, 0.2) is 0 Å². The Labute approximate surface area is 166 Å². The molecule has 29 heavy (non-hydrogen) atoms. The maximum atomic E-state index is 13.2. The van der Waals surface area contributed by atoms with Crippen molar-refractivity contribution in [2.75, 3.05) is 4.90 Å². The van der Waals surface area contributed by atoms with Crippen molar-refractivity contribution < 1.29 is 14.4 Å². The number of hydrogen-bond acceptors (Lipinski definition) is 5. The monoisotopic (exact) mass is 386 g/mol. The Kier molecular flexibility index (Phi) is 3.92. The molecule has 3 aromatic rings. The standard InChI is InChI=1S/C22H18N4O3/c23-20(12-3-2-10-24-11-12)14-6-7-16-19-13(14)4-1-5-15(19)22(29)26(16)17-8-9-18(27)25-21(17)28/h1-7,10-11,17,20H,8-9,23H2,(H,25,27,28). The van der Waals surface area contributed by atoms with E-state index in [-0.39, 0.29) is 18.2 Å². The van der Waals surface area contributed by atoms with Crippen LogP contribution in [0, 0.1) is 0 Å². The van der Waals surface area contributed by atoms with Gasteiger partial charge in [0.2, 0.25) is 11.8 Å². The zero-order chi connectivity index (χ0) is 20.1. The first-order valence-corrected chi connectivity index (χ1v) is 9.44. The summed E-state index contributed by atoms with van der Waals surface area (Å²) < 4.78 is 0. The zero-order valence-electron chi connectivity index (χ0n) is 15.5. The lowest BCUT2D eigenvalue weighted by Crippen LogP contribution is -2.53. The predicted molar refractivity (Wildman–Crippen MR) is 107 cm³/mol. The van der Waals surface area contributed by atoms with E-state index in [0.717, 1.165) is 21.9 Å². The number of carbonyl (C=O) groups excluding carboxylic acids is 3. The molecule has 5 rings (SSSR count). The molecule has 2 atom stereocenters. The summed E-state index contributed by atoms with van der Waals surface area (Å²) in [5.74, 6) is -0.975. The highest BCUT2D eigenvalue weighted by molar-refractivity contribution is 6.27. The Balaban J connectivity index is 1.64. The van der Waals surface area contributed by atoms with Crippen LogP contribution in [0.1, 0.15) is 40.4 Å². The summed E-state index contributed by atoms with van der Waals surface area (Å²) in [4.78, 5) is 42.8. The fourth-order valence-electron chi connectivity index (χ4n) is 4.28. The minimum absolute atomic E-state index is 0.212. The largest absolute Gasteiger partial charge is 0.320 e. The SMILES string of the molecule is NC(c1cccnc1)c1ccc2c3c(cccc13)C(=O)N2C1CCC(=O)NC1=O. The minimum Gasteiger partial charge on any atom is -0.320 e. The number of pyridine rings is 1. The van der Waals surface area contributed by atoms with Crippen LogP contribution >= 0.6 is 0 Å². The molecule has 0 aliphatic carbocycles. The summed E-state index contributed by atoms with van der Waals surface area (Å²) in [5, 5.41) is 4.00. The van der Waals surface area contributed by atoms with Crippen LogP contribution < -0.4 is 16.0 Å². The van der Waals surface area contributed by atoms with Crippen LogP contribution in [0.5, 0.6) is 0 Å². The van der Waals surface area contributed by atoms with E-state index in [2.05, 4.69) is 10.3 Å². The van der Waals surface area contributed by atoms with Crippen LogP contribution in [0.15, 0.2) is 54.9 Å². The number of benzene rings is 2. The second-order valence-electron chi connectivity index (χ2n) is 7.31. The number of nitrogens with zero attached hydrogens (tertiary/aromatic N) is 2. The predicted octanol–water partition coefficient (Wildman–Crippen LogP) is 2.05. The number of amides is 3. The Morgan fingerprint density at radius 1 is 1.10 bits per heavy atom. The number of rotatable bonds is 3. The Morgan fingerprint density at radius 2 is 1.97 bits per heavy atom. The van der Waals surface area contributed by atoms with Crippen molar-refractivity contribution in [1.82, 2.24) is 10.3 Å². The van der Waals surface area contributed by atoms with E-state index in [0.29, 0.717) is 17.7 Å². The summed E-state index contributed by atoms with van der Waals surface area (Å²) >= 11 is 0. The lowest BCUT2D eigenvalue weighted by Gasteiger charge is -2.30. The quantitative estimate of drug-likeness (QED) is 0.670.